The summed E-state index contributed by atoms with van der Waals surface area (Å²) in [6.45, 7) is 5.69. The molecule has 0 amide bonds. The molecule has 1 aromatic carbocycles. The number of esters is 1. The number of benzene rings is 1. The summed E-state index contributed by atoms with van der Waals surface area (Å²) in [6, 6.07) is 4.99. The zero-order chi connectivity index (χ0) is 16.8. The van der Waals surface area contributed by atoms with Gasteiger partial charge >= 0.3 is 5.97 Å². The molecule has 0 radical (unpaired) electrons. The van der Waals surface area contributed by atoms with Crippen LogP contribution in [0.5, 0.6) is 0 Å². The minimum absolute atomic E-state index is 0.0598. The van der Waals surface area contributed by atoms with Gasteiger partial charge in [-0.15, -0.1) is 6.42 Å². The van der Waals surface area contributed by atoms with Crippen LogP contribution in [0.25, 0.3) is 0 Å². The van der Waals surface area contributed by atoms with Gasteiger partial charge in [0.2, 0.25) is 10.0 Å². The van der Waals surface area contributed by atoms with Crippen molar-refractivity contribution < 1.29 is 17.9 Å². The van der Waals surface area contributed by atoms with Crippen LogP contribution < -0.4 is 4.72 Å². The fraction of sp³-hybridized carbons (Fsp3) is 0.438. The van der Waals surface area contributed by atoms with E-state index in [1.54, 1.807) is 6.92 Å². The van der Waals surface area contributed by atoms with Gasteiger partial charge in [0, 0.05) is 5.56 Å². The lowest BCUT2D eigenvalue weighted by atomic mass is 10.1. The maximum Gasteiger partial charge on any atom is 0.324 e. The lowest BCUT2D eigenvalue weighted by Crippen LogP contribution is -2.42. The van der Waals surface area contributed by atoms with Crippen LogP contribution in [0.15, 0.2) is 29.2 Å². The van der Waals surface area contributed by atoms with Gasteiger partial charge in [0.25, 0.3) is 0 Å². The second kappa shape index (κ2) is 7.97. The van der Waals surface area contributed by atoms with Gasteiger partial charge in [-0.3, -0.25) is 4.79 Å². The van der Waals surface area contributed by atoms with Crippen molar-refractivity contribution in [3.8, 4) is 12.3 Å². The van der Waals surface area contributed by atoms with Crippen molar-refractivity contribution in [1.82, 2.24) is 4.72 Å². The molecule has 0 aromatic heterocycles. The van der Waals surface area contributed by atoms with Crippen LogP contribution in [0, 0.1) is 18.3 Å². The second-order valence-electron chi connectivity index (χ2n) is 5.22. The average molecular weight is 323 g/mol. The summed E-state index contributed by atoms with van der Waals surface area (Å²) in [5.74, 6) is 1.99. The number of carbonyl (C=O) groups is 1. The first-order chi connectivity index (χ1) is 10.3. The van der Waals surface area contributed by atoms with Crippen LogP contribution in [0.3, 0.4) is 0 Å². The van der Waals surface area contributed by atoms with E-state index >= 15 is 0 Å². The molecule has 1 rings (SSSR count). The molecule has 22 heavy (non-hydrogen) atoms. The molecule has 0 fully saturated rings. The molecule has 6 heteroatoms. The van der Waals surface area contributed by atoms with Gasteiger partial charge in [0.05, 0.1) is 11.5 Å². The number of hydrogen-bond donors (Lipinski definition) is 1. The van der Waals surface area contributed by atoms with Crippen molar-refractivity contribution in [3.63, 3.8) is 0 Å². The predicted octanol–water partition coefficient (Wildman–Crippen LogP) is 1.92. The summed E-state index contributed by atoms with van der Waals surface area (Å²) in [7, 11) is -3.81. The number of ether oxygens (including phenoxy) is 1. The van der Waals surface area contributed by atoms with Crippen LogP contribution >= 0.6 is 0 Å². The van der Waals surface area contributed by atoms with Crippen LogP contribution in [-0.4, -0.2) is 27.0 Å². The standard InChI is InChI=1S/C16H21NO4S/c1-5-13-7-9-14(10-8-13)22(19,20)17-15(11-12(3)4)16(18)21-6-2/h1,7-10,12,15,17H,6,11H2,2-4H3/t15-/m0/s1. The molecular weight excluding hydrogens is 302 g/mol. The molecule has 1 aromatic rings. The molecule has 1 N–H and O–H groups in total. The van der Waals surface area contributed by atoms with E-state index in [1.807, 2.05) is 13.8 Å². The number of terminal acetylenes is 1. The minimum Gasteiger partial charge on any atom is -0.465 e. The highest BCUT2D eigenvalue weighted by molar-refractivity contribution is 7.89. The normalized spacial score (nSPS) is 12.7. The van der Waals surface area contributed by atoms with Crippen LogP contribution in [-0.2, 0) is 19.6 Å². The van der Waals surface area contributed by atoms with E-state index in [0.717, 1.165) is 0 Å². The maximum absolute atomic E-state index is 12.4. The smallest absolute Gasteiger partial charge is 0.324 e. The molecule has 0 unspecified atom stereocenters. The third-order valence-electron chi connectivity index (χ3n) is 2.91. The Morgan fingerprint density at radius 3 is 2.36 bits per heavy atom. The SMILES string of the molecule is C#Cc1ccc(S(=O)(=O)N[C@@H](CC(C)C)C(=O)OCC)cc1. The van der Waals surface area contributed by atoms with Crippen molar-refractivity contribution >= 4 is 16.0 Å². The Labute approximate surface area is 132 Å². The topological polar surface area (TPSA) is 72.5 Å². The number of hydrogen-bond acceptors (Lipinski definition) is 4. The summed E-state index contributed by atoms with van der Waals surface area (Å²) in [5, 5.41) is 0. The van der Waals surface area contributed by atoms with Crippen molar-refractivity contribution in [1.29, 1.82) is 0 Å². The second-order valence-corrected chi connectivity index (χ2v) is 6.94. The van der Waals surface area contributed by atoms with E-state index in [4.69, 9.17) is 11.2 Å². The van der Waals surface area contributed by atoms with E-state index in [1.165, 1.54) is 24.3 Å². The maximum atomic E-state index is 12.4. The summed E-state index contributed by atoms with van der Waals surface area (Å²) in [4.78, 5) is 12.0. The summed E-state index contributed by atoms with van der Waals surface area (Å²) in [6.07, 6.45) is 5.60. The zero-order valence-corrected chi connectivity index (χ0v) is 13.8. The van der Waals surface area contributed by atoms with Gasteiger partial charge in [0.15, 0.2) is 0 Å². The quantitative estimate of drug-likeness (QED) is 0.615. The van der Waals surface area contributed by atoms with Crippen molar-refractivity contribution in [2.24, 2.45) is 5.92 Å². The van der Waals surface area contributed by atoms with Gasteiger partial charge in [0.1, 0.15) is 6.04 Å². The number of rotatable bonds is 7. The number of nitrogens with one attached hydrogen (secondary N) is 1. The summed E-state index contributed by atoms with van der Waals surface area (Å²) in [5.41, 5.74) is 0.586. The lowest BCUT2D eigenvalue weighted by molar-refractivity contribution is -0.145. The van der Waals surface area contributed by atoms with Gasteiger partial charge in [-0.1, -0.05) is 19.8 Å². The third-order valence-corrected chi connectivity index (χ3v) is 4.39. The Morgan fingerprint density at radius 1 is 1.32 bits per heavy atom. The molecule has 1 atom stereocenters. The molecular formula is C16H21NO4S. The Kier molecular flexibility index (Phi) is 6.60. The highest BCUT2D eigenvalue weighted by Gasteiger charge is 2.27. The first-order valence-electron chi connectivity index (χ1n) is 7.05. The van der Waals surface area contributed by atoms with Crippen molar-refractivity contribution in [3.05, 3.63) is 29.8 Å². The van der Waals surface area contributed by atoms with Crippen molar-refractivity contribution in [2.75, 3.05) is 6.61 Å². The van der Waals surface area contributed by atoms with Gasteiger partial charge in [-0.25, -0.2) is 8.42 Å². The Bertz CT molecular complexity index is 642. The highest BCUT2D eigenvalue weighted by Crippen LogP contribution is 2.14. The van der Waals surface area contributed by atoms with Gasteiger partial charge in [-0.05, 0) is 43.5 Å². The van der Waals surface area contributed by atoms with Gasteiger partial charge < -0.3 is 4.74 Å². The van der Waals surface area contributed by atoms with Crippen molar-refractivity contribution in [2.45, 2.75) is 38.1 Å². The van der Waals surface area contributed by atoms with Crippen LogP contribution in [0.1, 0.15) is 32.8 Å². The van der Waals surface area contributed by atoms with E-state index in [9.17, 15) is 13.2 Å². The largest absolute Gasteiger partial charge is 0.465 e. The molecule has 0 bridgehead atoms. The van der Waals surface area contributed by atoms with Crippen LogP contribution in [0.2, 0.25) is 0 Å². The average Bonchev–Trinajstić information content (AvgIpc) is 2.46. The highest BCUT2D eigenvalue weighted by atomic mass is 32.2. The summed E-state index contributed by atoms with van der Waals surface area (Å²) >= 11 is 0. The number of carbonyl (C=O) groups excluding carboxylic acids is 1. The third kappa shape index (κ3) is 5.17. The summed E-state index contributed by atoms with van der Waals surface area (Å²) < 4.78 is 32.1. The molecule has 0 aliphatic carbocycles. The van der Waals surface area contributed by atoms with E-state index in [-0.39, 0.29) is 17.4 Å². The molecule has 0 aliphatic rings. The molecule has 0 heterocycles. The predicted molar refractivity (Wildman–Crippen MR) is 84.6 cm³/mol. The van der Waals surface area contributed by atoms with Crippen LogP contribution in [0.4, 0.5) is 0 Å². The fourth-order valence-electron chi connectivity index (χ4n) is 1.89. The molecule has 0 spiro atoms. The molecule has 0 aliphatic heterocycles. The first kappa shape index (κ1) is 18.2. The molecule has 0 saturated carbocycles. The monoisotopic (exact) mass is 323 g/mol. The Balaban J connectivity index is 2.98. The van der Waals surface area contributed by atoms with E-state index in [0.29, 0.717) is 12.0 Å². The lowest BCUT2D eigenvalue weighted by Gasteiger charge is -2.19. The molecule has 0 saturated heterocycles. The van der Waals surface area contributed by atoms with E-state index < -0.39 is 22.0 Å². The van der Waals surface area contributed by atoms with E-state index in [2.05, 4.69) is 10.6 Å². The fourth-order valence-corrected chi connectivity index (χ4v) is 3.09. The van der Waals surface area contributed by atoms with Gasteiger partial charge in [-0.2, -0.15) is 4.72 Å². The Hall–Kier alpha value is -1.84. The molecule has 5 nitrogen and oxygen atoms in total. The zero-order valence-electron chi connectivity index (χ0n) is 13.0. The Morgan fingerprint density at radius 2 is 1.91 bits per heavy atom. The molecule has 120 valence electrons. The minimum atomic E-state index is -3.81. The number of sulfonamides is 1. The first-order valence-corrected chi connectivity index (χ1v) is 8.54.